The highest BCUT2D eigenvalue weighted by Crippen LogP contribution is 2.31. The van der Waals surface area contributed by atoms with Crippen molar-refractivity contribution in [2.45, 2.75) is 38.6 Å². The molecule has 132 valence electrons. The fourth-order valence-corrected chi connectivity index (χ4v) is 3.17. The zero-order chi connectivity index (χ0) is 17.8. The number of anilines is 2. The Bertz CT molecular complexity index is 756. The first-order valence-electron chi connectivity index (χ1n) is 8.45. The summed E-state index contributed by atoms with van der Waals surface area (Å²) in [7, 11) is 1.54. The number of methoxy groups -OCH3 is 1. The molecule has 25 heavy (non-hydrogen) atoms. The van der Waals surface area contributed by atoms with E-state index in [1.807, 2.05) is 13.0 Å². The van der Waals surface area contributed by atoms with E-state index in [0.29, 0.717) is 28.1 Å². The van der Waals surface area contributed by atoms with E-state index in [2.05, 4.69) is 15.6 Å². The van der Waals surface area contributed by atoms with E-state index in [9.17, 15) is 4.79 Å². The lowest BCUT2D eigenvalue weighted by atomic mass is 10.2. The number of hydrogen-bond acceptors (Lipinski definition) is 4. The highest BCUT2D eigenvalue weighted by molar-refractivity contribution is 6.31. The molecule has 0 spiro atoms. The van der Waals surface area contributed by atoms with E-state index in [1.54, 1.807) is 31.5 Å². The number of halogens is 1. The number of hydrogen-bond donors (Lipinski definition) is 2. The van der Waals surface area contributed by atoms with E-state index < -0.39 is 0 Å². The summed E-state index contributed by atoms with van der Waals surface area (Å²) >= 11 is 6.10. The number of amides is 1. The Morgan fingerprint density at radius 1 is 1.28 bits per heavy atom. The SMILES string of the molecule is COc1cc(Cl)c(C)cc1NC(=O)c1ccc(NC2CCCC2)nc1. The zero-order valence-electron chi connectivity index (χ0n) is 14.4. The van der Waals surface area contributed by atoms with Gasteiger partial charge in [-0.05, 0) is 43.5 Å². The Hall–Kier alpha value is -2.27. The van der Waals surface area contributed by atoms with Gasteiger partial charge in [0.15, 0.2) is 0 Å². The molecule has 6 heteroatoms. The molecule has 1 saturated carbocycles. The van der Waals surface area contributed by atoms with Crippen molar-refractivity contribution in [3.8, 4) is 5.75 Å². The van der Waals surface area contributed by atoms with Crippen molar-refractivity contribution in [1.29, 1.82) is 0 Å². The van der Waals surface area contributed by atoms with Gasteiger partial charge in [0.25, 0.3) is 5.91 Å². The second-order valence-electron chi connectivity index (χ2n) is 6.31. The van der Waals surface area contributed by atoms with Crippen LogP contribution in [0, 0.1) is 6.92 Å². The molecule has 0 unspecified atom stereocenters. The number of pyridine rings is 1. The van der Waals surface area contributed by atoms with Crippen LogP contribution in [0.2, 0.25) is 5.02 Å². The summed E-state index contributed by atoms with van der Waals surface area (Å²) in [6.07, 6.45) is 6.47. The molecular formula is C19H22ClN3O2. The van der Waals surface area contributed by atoms with Gasteiger partial charge in [-0.2, -0.15) is 0 Å². The minimum atomic E-state index is -0.236. The van der Waals surface area contributed by atoms with Crippen molar-refractivity contribution in [3.05, 3.63) is 46.6 Å². The number of nitrogens with zero attached hydrogens (tertiary/aromatic N) is 1. The van der Waals surface area contributed by atoms with E-state index in [-0.39, 0.29) is 5.91 Å². The first kappa shape index (κ1) is 17.5. The van der Waals surface area contributed by atoms with E-state index in [0.717, 1.165) is 11.4 Å². The summed E-state index contributed by atoms with van der Waals surface area (Å²) in [6.45, 7) is 1.88. The minimum Gasteiger partial charge on any atom is -0.495 e. The molecule has 1 aliphatic carbocycles. The lowest BCUT2D eigenvalue weighted by Crippen LogP contribution is -2.16. The maximum Gasteiger partial charge on any atom is 0.257 e. The van der Waals surface area contributed by atoms with Gasteiger partial charge < -0.3 is 15.4 Å². The predicted molar refractivity (Wildman–Crippen MR) is 101 cm³/mol. The molecule has 1 aliphatic rings. The van der Waals surface area contributed by atoms with Gasteiger partial charge in [-0.1, -0.05) is 24.4 Å². The molecule has 0 atom stereocenters. The van der Waals surface area contributed by atoms with Crippen LogP contribution in [0.5, 0.6) is 5.75 Å². The molecule has 2 aromatic rings. The number of aryl methyl sites for hydroxylation is 1. The van der Waals surface area contributed by atoms with Crippen molar-refractivity contribution in [2.24, 2.45) is 0 Å². The van der Waals surface area contributed by atoms with Crippen molar-refractivity contribution in [2.75, 3.05) is 17.7 Å². The average Bonchev–Trinajstić information content (AvgIpc) is 3.11. The van der Waals surface area contributed by atoms with Crippen molar-refractivity contribution >= 4 is 29.0 Å². The Balaban J connectivity index is 1.70. The van der Waals surface area contributed by atoms with Gasteiger partial charge in [0, 0.05) is 23.3 Å². The van der Waals surface area contributed by atoms with Gasteiger partial charge >= 0.3 is 0 Å². The first-order chi connectivity index (χ1) is 12.1. The highest BCUT2D eigenvalue weighted by Gasteiger charge is 2.16. The second kappa shape index (κ2) is 7.74. The number of nitrogens with one attached hydrogen (secondary N) is 2. The van der Waals surface area contributed by atoms with Crippen LogP contribution in [-0.2, 0) is 0 Å². The number of carbonyl (C=O) groups excluding carboxylic acids is 1. The van der Waals surface area contributed by atoms with Crippen LogP contribution in [0.15, 0.2) is 30.5 Å². The summed E-state index contributed by atoms with van der Waals surface area (Å²) in [5, 5.41) is 6.86. The second-order valence-corrected chi connectivity index (χ2v) is 6.72. The lowest BCUT2D eigenvalue weighted by molar-refractivity contribution is 0.102. The molecule has 1 fully saturated rings. The quantitative estimate of drug-likeness (QED) is 0.815. The highest BCUT2D eigenvalue weighted by atomic mass is 35.5. The van der Waals surface area contributed by atoms with Crippen LogP contribution in [-0.4, -0.2) is 24.0 Å². The Morgan fingerprint density at radius 2 is 2.04 bits per heavy atom. The first-order valence-corrected chi connectivity index (χ1v) is 8.82. The van der Waals surface area contributed by atoms with Crippen molar-refractivity contribution in [3.63, 3.8) is 0 Å². The molecule has 3 rings (SSSR count). The van der Waals surface area contributed by atoms with E-state index in [4.69, 9.17) is 16.3 Å². The van der Waals surface area contributed by atoms with Crippen molar-refractivity contribution < 1.29 is 9.53 Å². The number of benzene rings is 1. The fourth-order valence-electron chi connectivity index (χ4n) is 3.02. The van der Waals surface area contributed by atoms with Crippen LogP contribution in [0.25, 0.3) is 0 Å². The molecule has 0 bridgehead atoms. The van der Waals surface area contributed by atoms with Gasteiger partial charge in [-0.25, -0.2) is 4.98 Å². The fraction of sp³-hybridized carbons (Fsp3) is 0.368. The summed E-state index contributed by atoms with van der Waals surface area (Å²) in [5.74, 6) is 1.10. The van der Waals surface area contributed by atoms with Gasteiger partial charge in [0.05, 0.1) is 18.4 Å². The van der Waals surface area contributed by atoms with Crippen LogP contribution >= 0.6 is 11.6 Å². The smallest absolute Gasteiger partial charge is 0.257 e. The van der Waals surface area contributed by atoms with Crippen LogP contribution in [0.4, 0.5) is 11.5 Å². The van der Waals surface area contributed by atoms with Gasteiger partial charge in [0.2, 0.25) is 0 Å². The molecule has 1 amide bonds. The maximum atomic E-state index is 12.5. The van der Waals surface area contributed by atoms with Gasteiger partial charge in [-0.3, -0.25) is 4.79 Å². The average molecular weight is 360 g/mol. The summed E-state index contributed by atoms with van der Waals surface area (Å²) in [4.78, 5) is 16.8. The number of carbonyl (C=O) groups is 1. The van der Waals surface area contributed by atoms with Crippen molar-refractivity contribution in [1.82, 2.24) is 4.98 Å². The molecule has 1 aromatic heterocycles. The third-order valence-corrected chi connectivity index (χ3v) is 4.87. The largest absolute Gasteiger partial charge is 0.495 e. The minimum absolute atomic E-state index is 0.236. The van der Waals surface area contributed by atoms with E-state index in [1.165, 1.54) is 25.7 Å². The topological polar surface area (TPSA) is 63.2 Å². The molecule has 1 heterocycles. The maximum absolute atomic E-state index is 12.5. The molecular weight excluding hydrogens is 338 g/mol. The Kier molecular flexibility index (Phi) is 5.43. The number of ether oxygens (including phenoxy) is 1. The summed E-state index contributed by atoms with van der Waals surface area (Å²) < 4.78 is 5.29. The Labute approximate surface area is 152 Å². The molecule has 0 aliphatic heterocycles. The molecule has 0 radical (unpaired) electrons. The summed E-state index contributed by atoms with van der Waals surface area (Å²) in [6, 6.07) is 7.60. The zero-order valence-corrected chi connectivity index (χ0v) is 15.2. The molecule has 5 nitrogen and oxygen atoms in total. The van der Waals surface area contributed by atoms with Gasteiger partial charge in [-0.15, -0.1) is 0 Å². The van der Waals surface area contributed by atoms with Crippen LogP contribution in [0.1, 0.15) is 41.6 Å². The third-order valence-electron chi connectivity index (χ3n) is 4.46. The third kappa shape index (κ3) is 4.23. The monoisotopic (exact) mass is 359 g/mol. The molecule has 0 saturated heterocycles. The lowest BCUT2D eigenvalue weighted by Gasteiger charge is -2.14. The van der Waals surface area contributed by atoms with E-state index >= 15 is 0 Å². The van der Waals surface area contributed by atoms with Crippen LogP contribution in [0.3, 0.4) is 0 Å². The summed E-state index contributed by atoms with van der Waals surface area (Å²) in [5.41, 5.74) is 1.95. The number of rotatable bonds is 5. The predicted octanol–water partition coefficient (Wildman–Crippen LogP) is 4.66. The molecule has 2 N–H and O–H groups in total. The van der Waals surface area contributed by atoms with Gasteiger partial charge in [0.1, 0.15) is 11.6 Å². The molecule has 1 aromatic carbocycles. The Morgan fingerprint density at radius 3 is 2.68 bits per heavy atom. The van der Waals surface area contributed by atoms with Crippen LogP contribution < -0.4 is 15.4 Å². The standard InChI is InChI=1S/C19H22ClN3O2/c1-12-9-16(17(25-2)10-15(12)20)23-19(24)13-7-8-18(21-11-13)22-14-5-3-4-6-14/h7-11,14H,3-6H2,1-2H3,(H,21,22)(H,23,24). The normalized spacial score (nSPS) is 14.4. The number of aromatic nitrogens is 1.